The predicted molar refractivity (Wildman–Crippen MR) is 92.2 cm³/mol. The Morgan fingerprint density at radius 1 is 1.04 bits per heavy atom. The summed E-state index contributed by atoms with van der Waals surface area (Å²) in [5.74, 6) is -1.18. The number of amides is 2. The number of fused-ring (bicyclic) bond motifs is 1. The number of hydrogen-bond donors (Lipinski definition) is 0. The van der Waals surface area contributed by atoms with Crippen molar-refractivity contribution in [1.29, 1.82) is 0 Å². The molecule has 0 N–H and O–H groups in total. The van der Waals surface area contributed by atoms with Crippen molar-refractivity contribution in [2.24, 2.45) is 0 Å². The predicted octanol–water partition coefficient (Wildman–Crippen LogP) is 1.71. The Labute approximate surface area is 147 Å². The molecule has 2 fully saturated rings. The van der Waals surface area contributed by atoms with Gasteiger partial charge in [-0.2, -0.15) is 0 Å². The van der Waals surface area contributed by atoms with Gasteiger partial charge in [0.25, 0.3) is 11.8 Å². The number of benzene rings is 1. The number of carbonyl (C=O) groups excluding carboxylic acids is 3. The average Bonchev–Trinajstić information content (AvgIpc) is 2.78. The molecule has 0 atom stereocenters. The fourth-order valence-corrected chi connectivity index (χ4v) is 3.69. The van der Waals surface area contributed by atoms with Crippen molar-refractivity contribution in [1.82, 2.24) is 10.0 Å². The molecule has 0 spiro atoms. The summed E-state index contributed by atoms with van der Waals surface area (Å²) in [6.45, 7) is 7.18. The molecule has 3 rings (SSSR count). The molecule has 0 radical (unpaired) electrons. The van der Waals surface area contributed by atoms with E-state index in [1.165, 1.54) is 16.9 Å². The van der Waals surface area contributed by atoms with Crippen LogP contribution in [0.5, 0.6) is 0 Å². The van der Waals surface area contributed by atoms with E-state index in [9.17, 15) is 14.4 Å². The van der Waals surface area contributed by atoms with Crippen molar-refractivity contribution in [3.63, 3.8) is 0 Å². The smallest absolute Gasteiger partial charge is 0.258 e. The van der Waals surface area contributed by atoms with Crippen molar-refractivity contribution in [2.75, 3.05) is 26.3 Å². The third-order valence-electron chi connectivity index (χ3n) is 5.00. The minimum absolute atomic E-state index is 0.00479. The Bertz CT molecular complexity index is 679. The number of ketones is 1. The summed E-state index contributed by atoms with van der Waals surface area (Å²) >= 11 is 0. The van der Waals surface area contributed by atoms with Crippen LogP contribution < -0.4 is 0 Å². The van der Waals surface area contributed by atoms with Gasteiger partial charge in [-0.25, -0.2) is 10.0 Å². The molecule has 6 nitrogen and oxygen atoms in total. The molecule has 0 saturated carbocycles. The van der Waals surface area contributed by atoms with Crippen LogP contribution >= 0.6 is 0 Å². The molecule has 2 heterocycles. The highest BCUT2D eigenvalue weighted by atomic mass is 16.5. The van der Waals surface area contributed by atoms with Gasteiger partial charge in [-0.05, 0) is 48.6 Å². The van der Waals surface area contributed by atoms with E-state index in [4.69, 9.17) is 4.74 Å². The number of aryl methyl sites for hydroxylation is 2. The van der Waals surface area contributed by atoms with Gasteiger partial charge in [0.05, 0.1) is 26.3 Å². The van der Waals surface area contributed by atoms with E-state index in [-0.39, 0.29) is 17.6 Å². The number of carbonyl (C=O) groups is 3. The van der Waals surface area contributed by atoms with E-state index in [1.54, 1.807) is 0 Å². The zero-order valence-corrected chi connectivity index (χ0v) is 15.0. The van der Waals surface area contributed by atoms with Gasteiger partial charge in [0.1, 0.15) is 5.92 Å². The maximum absolute atomic E-state index is 13.0. The van der Waals surface area contributed by atoms with Gasteiger partial charge >= 0.3 is 0 Å². The Morgan fingerprint density at radius 2 is 1.52 bits per heavy atom. The van der Waals surface area contributed by atoms with Crippen LogP contribution in [0.4, 0.5) is 0 Å². The van der Waals surface area contributed by atoms with Crippen LogP contribution in [-0.2, 0) is 27.2 Å². The van der Waals surface area contributed by atoms with Gasteiger partial charge in [-0.15, -0.1) is 0 Å². The summed E-state index contributed by atoms with van der Waals surface area (Å²) < 4.78 is 5.38. The molecule has 6 heteroatoms. The summed E-state index contributed by atoms with van der Waals surface area (Å²) in [6, 6.07) is 3.67. The number of ether oxygens (including phenoxy) is 1. The van der Waals surface area contributed by atoms with E-state index in [0.29, 0.717) is 44.7 Å². The van der Waals surface area contributed by atoms with E-state index in [0.717, 1.165) is 16.7 Å². The molecule has 0 unspecified atom stereocenters. The molecule has 1 aromatic carbocycles. The lowest BCUT2D eigenvalue weighted by Gasteiger charge is -2.23. The highest BCUT2D eigenvalue weighted by Crippen LogP contribution is 2.35. The summed E-state index contributed by atoms with van der Waals surface area (Å²) in [7, 11) is 0. The standard InChI is InChI=1S/C19H24N2O4/c1-4-13-10-15(12(3)22)11-14(5-2)16(13)17-18(23)20-6-8-25-9-7-21(20)19(17)24/h10-11,17H,4-9H2,1-3H3. The topological polar surface area (TPSA) is 66.9 Å². The van der Waals surface area contributed by atoms with Gasteiger partial charge < -0.3 is 4.74 Å². The lowest BCUT2D eigenvalue weighted by atomic mass is 9.85. The zero-order valence-electron chi connectivity index (χ0n) is 15.0. The van der Waals surface area contributed by atoms with Crippen molar-refractivity contribution in [3.8, 4) is 0 Å². The molecule has 1 aromatic rings. The van der Waals surface area contributed by atoms with Gasteiger partial charge in [-0.3, -0.25) is 14.4 Å². The molecule has 0 bridgehead atoms. The number of hydrogen-bond acceptors (Lipinski definition) is 4. The highest BCUT2D eigenvalue weighted by Gasteiger charge is 2.47. The van der Waals surface area contributed by atoms with Crippen molar-refractivity contribution >= 4 is 17.6 Å². The van der Waals surface area contributed by atoms with Crippen molar-refractivity contribution < 1.29 is 19.1 Å². The second kappa shape index (κ2) is 6.96. The summed E-state index contributed by atoms with van der Waals surface area (Å²) in [5, 5.41) is 3.05. The van der Waals surface area contributed by atoms with Crippen LogP contribution in [0.3, 0.4) is 0 Å². The maximum atomic E-state index is 13.0. The van der Waals surface area contributed by atoms with Crippen molar-refractivity contribution in [3.05, 3.63) is 34.4 Å². The normalized spacial score (nSPS) is 18.5. The van der Waals surface area contributed by atoms with Crippen LogP contribution in [0, 0.1) is 0 Å². The first kappa shape index (κ1) is 17.6. The SMILES string of the molecule is CCc1cc(C(C)=O)cc(CC)c1C1C(=O)N2CCOCCN2C1=O. The summed E-state index contributed by atoms with van der Waals surface area (Å²) in [5.41, 5.74) is 3.25. The number of rotatable bonds is 4. The van der Waals surface area contributed by atoms with Crippen LogP contribution in [0.15, 0.2) is 12.1 Å². The van der Waals surface area contributed by atoms with Crippen LogP contribution in [0.25, 0.3) is 0 Å². The molecule has 0 aromatic heterocycles. The maximum Gasteiger partial charge on any atom is 0.258 e. The highest BCUT2D eigenvalue weighted by molar-refractivity contribution is 6.11. The summed E-state index contributed by atoms with van der Waals surface area (Å²) in [6.07, 6.45) is 1.34. The molecule has 0 aliphatic carbocycles. The van der Waals surface area contributed by atoms with Crippen LogP contribution in [0.1, 0.15) is 53.7 Å². The molecule has 2 amide bonds. The lowest BCUT2D eigenvalue weighted by Crippen LogP contribution is -2.41. The van der Waals surface area contributed by atoms with E-state index in [2.05, 4.69) is 0 Å². The summed E-state index contributed by atoms with van der Waals surface area (Å²) in [4.78, 5) is 37.8. The fraction of sp³-hybridized carbons (Fsp3) is 0.526. The number of hydrazine groups is 1. The Kier molecular flexibility index (Phi) is 4.90. The largest absolute Gasteiger partial charge is 0.378 e. The van der Waals surface area contributed by atoms with Gasteiger partial charge in [0.15, 0.2) is 5.78 Å². The van der Waals surface area contributed by atoms with Gasteiger partial charge in [-0.1, -0.05) is 13.8 Å². The minimum Gasteiger partial charge on any atom is -0.378 e. The van der Waals surface area contributed by atoms with E-state index in [1.807, 2.05) is 26.0 Å². The molecular formula is C19H24N2O4. The third kappa shape index (κ3) is 2.95. The van der Waals surface area contributed by atoms with Gasteiger partial charge in [0, 0.05) is 5.56 Å². The molecule has 2 aliphatic rings. The zero-order chi connectivity index (χ0) is 18.1. The number of Topliss-reactive ketones (excluding diaryl/α,β-unsaturated/α-hetero) is 1. The average molecular weight is 344 g/mol. The van der Waals surface area contributed by atoms with E-state index < -0.39 is 5.92 Å². The Hall–Kier alpha value is -2.21. The first-order valence-electron chi connectivity index (χ1n) is 8.86. The Morgan fingerprint density at radius 3 is 1.92 bits per heavy atom. The second-order valence-electron chi connectivity index (χ2n) is 6.44. The Balaban J connectivity index is 2.10. The quantitative estimate of drug-likeness (QED) is 0.616. The van der Waals surface area contributed by atoms with Crippen molar-refractivity contribution in [2.45, 2.75) is 39.5 Å². The molecule has 2 saturated heterocycles. The van der Waals surface area contributed by atoms with Crippen LogP contribution in [0.2, 0.25) is 0 Å². The number of nitrogens with zero attached hydrogens (tertiary/aromatic N) is 2. The first-order valence-corrected chi connectivity index (χ1v) is 8.86. The third-order valence-corrected chi connectivity index (χ3v) is 5.00. The first-order chi connectivity index (χ1) is 12.0. The molecule has 2 aliphatic heterocycles. The van der Waals surface area contributed by atoms with Gasteiger partial charge in [0.2, 0.25) is 0 Å². The molecule has 134 valence electrons. The monoisotopic (exact) mass is 344 g/mol. The molecular weight excluding hydrogens is 320 g/mol. The minimum atomic E-state index is -0.802. The van der Waals surface area contributed by atoms with Crippen LogP contribution in [-0.4, -0.2) is 53.9 Å². The second-order valence-corrected chi connectivity index (χ2v) is 6.44. The fourth-order valence-electron chi connectivity index (χ4n) is 3.69. The molecule has 25 heavy (non-hydrogen) atoms. The lowest BCUT2D eigenvalue weighted by molar-refractivity contribution is -0.145. The van der Waals surface area contributed by atoms with E-state index >= 15 is 0 Å².